The first-order chi connectivity index (χ1) is 4.83. The van der Waals surface area contributed by atoms with Crippen LogP contribution in [0.15, 0.2) is 0 Å². The van der Waals surface area contributed by atoms with Crippen molar-refractivity contribution in [1.82, 2.24) is 10.6 Å². The third-order valence-electron chi connectivity index (χ3n) is 1.31. The van der Waals surface area contributed by atoms with Crippen molar-refractivity contribution in [1.29, 1.82) is 0 Å². The predicted octanol–water partition coefficient (Wildman–Crippen LogP) is 0.133. The molecule has 1 unspecified atom stereocenters. The number of nitrogens with one attached hydrogen (secondary N) is 2. The second-order valence-electron chi connectivity index (χ2n) is 2.11. The van der Waals surface area contributed by atoms with Crippen LogP contribution in [0.4, 0.5) is 0 Å². The van der Waals surface area contributed by atoms with E-state index >= 15 is 0 Å². The molecule has 10 heavy (non-hydrogen) atoms. The van der Waals surface area contributed by atoms with Crippen LogP contribution in [0.25, 0.3) is 0 Å². The van der Waals surface area contributed by atoms with Crippen molar-refractivity contribution < 1.29 is 4.79 Å². The van der Waals surface area contributed by atoms with E-state index in [2.05, 4.69) is 17.6 Å². The van der Waals surface area contributed by atoms with E-state index in [-0.39, 0.29) is 11.4 Å². The highest BCUT2D eigenvalue weighted by Crippen LogP contribution is 2.06. The lowest BCUT2D eigenvalue weighted by molar-refractivity contribution is -0.122. The third kappa shape index (κ3) is 2.19. The van der Waals surface area contributed by atoms with Gasteiger partial charge in [-0.3, -0.25) is 10.1 Å². The Morgan fingerprint density at radius 2 is 2.60 bits per heavy atom. The Bertz CT molecular complexity index is 127. The minimum atomic E-state index is 0.145. The number of thioether (sulfide) groups is 1. The Labute approximate surface area is 64.9 Å². The zero-order valence-corrected chi connectivity index (χ0v) is 6.83. The Kier molecular flexibility index (Phi) is 3.02. The Balaban J connectivity index is 2.25. The summed E-state index contributed by atoms with van der Waals surface area (Å²) in [5.41, 5.74) is 0.145. The highest BCUT2D eigenvalue weighted by molar-refractivity contribution is 7.99. The molecule has 1 aliphatic heterocycles. The maximum absolute atomic E-state index is 10.8. The Morgan fingerprint density at radius 3 is 3.20 bits per heavy atom. The first-order valence-corrected chi connectivity index (χ1v) is 4.52. The van der Waals surface area contributed by atoms with E-state index in [1.807, 2.05) is 0 Å². The number of hydrogen-bond acceptors (Lipinski definition) is 3. The minimum absolute atomic E-state index is 0.145. The van der Waals surface area contributed by atoms with Gasteiger partial charge in [0.25, 0.3) is 0 Å². The molecule has 0 aromatic heterocycles. The van der Waals surface area contributed by atoms with Crippen molar-refractivity contribution in [3.8, 4) is 0 Å². The maximum atomic E-state index is 10.8. The largest absolute Gasteiger partial charge is 0.332 e. The second kappa shape index (κ2) is 3.83. The van der Waals surface area contributed by atoms with Crippen LogP contribution >= 0.6 is 11.8 Å². The molecule has 4 heteroatoms. The van der Waals surface area contributed by atoms with Gasteiger partial charge >= 0.3 is 0 Å². The van der Waals surface area contributed by atoms with Crippen LogP contribution in [-0.4, -0.2) is 23.7 Å². The fraction of sp³-hybridized carbons (Fsp3) is 0.833. The quantitative estimate of drug-likeness (QED) is 0.603. The summed E-state index contributed by atoms with van der Waals surface area (Å²) < 4.78 is 0. The van der Waals surface area contributed by atoms with Crippen molar-refractivity contribution in [3.05, 3.63) is 0 Å². The normalized spacial score (nSPS) is 26.1. The molecule has 1 heterocycles. The summed E-state index contributed by atoms with van der Waals surface area (Å²) in [6.45, 7) is 2.89. The molecule has 1 atom stereocenters. The third-order valence-corrected chi connectivity index (χ3v) is 2.26. The van der Waals surface area contributed by atoms with Crippen LogP contribution in [0, 0.1) is 0 Å². The molecule has 0 saturated carbocycles. The average Bonchev–Trinajstić information content (AvgIpc) is 1.88. The SMILES string of the molecule is CCSC1NCCC(=O)N1. The lowest BCUT2D eigenvalue weighted by atomic mass is 10.3. The monoisotopic (exact) mass is 160 g/mol. The van der Waals surface area contributed by atoms with E-state index < -0.39 is 0 Å². The van der Waals surface area contributed by atoms with Gasteiger partial charge in [0.05, 0.1) is 0 Å². The first-order valence-electron chi connectivity index (χ1n) is 3.47. The summed E-state index contributed by atoms with van der Waals surface area (Å²) in [6, 6.07) is 0. The van der Waals surface area contributed by atoms with Gasteiger partial charge in [-0.2, -0.15) is 0 Å². The molecule has 1 rings (SSSR count). The molecule has 0 spiro atoms. The average molecular weight is 160 g/mol. The molecule has 0 radical (unpaired) electrons. The summed E-state index contributed by atoms with van der Waals surface area (Å²) in [6.07, 6.45) is 0.612. The van der Waals surface area contributed by atoms with Gasteiger partial charge in [0.1, 0.15) is 5.50 Å². The topological polar surface area (TPSA) is 41.1 Å². The smallest absolute Gasteiger partial charge is 0.223 e. The minimum Gasteiger partial charge on any atom is -0.332 e. The summed E-state index contributed by atoms with van der Waals surface area (Å²) in [4.78, 5) is 10.8. The van der Waals surface area contributed by atoms with E-state index in [1.54, 1.807) is 11.8 Å². The summed E-state index contributed by atoms with van der Waals surface area (Å²) in [5.74, 6) is 1.18. The van der Waals surface area contributed by atoms with Gasteiger partial charge in [0.2, 0.25) is 5.91 Å². The number of amides is 1. The van der Waals surface area contributed by atoms with Gasteiger partial charge < -0.3 is 5.32 Å². The van der Waals surface area contributed by atoms with Crippen LogP contribution in [0.3, 0.4) is 0 Å². The van der Waals surface area contributed by atoms with Gasteiger partial charge in [-0.1, -0.05) is 6.92 Å². The molecule has 1 aliphatic rings. The van der Waals surface area contributed by atoms with Gasteiger partial charge in [0.15, 0.2) is 0 Å². The van der Waals surface area contributed by atoms with Crippen LogP contribution in [0.1, 0.15) is 13.3 Å². The van der Waals surface area contributed by atoms with Crippen molar-refractivity contribution in [2.75, 3.05) is 12.3 Å². The molecule has 58 valence electrons. The van der Waals surface area contributed by atoms with Crippen molar-refractivity contribution in [2.24, 2.45) is 0 Å². The standard InChI is InChI=1S/C6H12N2OS/c1-2-10-6-7-4-3-5(9)8-6/h6-7H,2-4H2,1H3,(H,8,9). The maximum Gasteiger partial charge on any atom is 0.223 e. The van der Waals surface area contributed by atoms with E-state index in [9.17, 15) is 4.79 Å². The van der Waals surface area contributed by atoms with E-state index in [4.69, 9.17) is 0 Å². The van der Waals surface area contributed by atoms with Gasteiger partial charge in [0, 0.05) is 13.0 Å². The van der Waals surface area contributed by atoms with E-state index in [1.165, 1.54) is 0 Å². The highest BCUT2D eigenvalue weighted by atomic mass is 32.2. The lowest BCUT2D eigenvalue weighted by Crippen LogP contribution is -2.49. The van der Waals surface area contributed by atoms with Crippen LogP contribution in [0.5, 0.6) is 0 Å². The predicted molar refractivity (Wildman–Crippen MR) is 42.7 cm³/mol. The van der Waals surface area contributed by atoms with Crippen LogP contribution in [0.2, 0.25) is 0 Å². The fourth-order valence-corrected chi connectivity index (χ4v) is 1.64. The molecule has 1 amide bonds. The van der Waals surface area contributed by atoms with Gasteiger partial charge in [-0.05, 0) is 5.75 Å². The van der Waals surface area contributed by atoms with Crippen molar-refractivity contribution in [2.45, 2.75) is 18.8 Å². The van der Waals surface area contributed by atoms with Crippen molar-refractivity contribution in [3.63, 3.8) is 0 Å². The van der Waals surface area contributed by atoms with E-state index in [0.29, 0.717) is 6.42 Å². The molecule has 0 aromatic rings. The lowest BCUT2D eigenvalue weighted by Gasteiger charge is -2.23. The molecule has 3 nitrogen and oxygen atoms in total. The molecular weight excluding hydrogens is 148 g/mol. The summed E-state index contributed by atoms with van der Waals surface area (Å²) in [5, 5.41) is 6.01. The summed E-state index contributed by atoms with van der Waals surface area (Å²) >= 11 is 1.71. The number of carbonyl (C=O) groups is 1. The molecule has 0 aromatic carbocycles. The molecule has 0 bridgehead atoms. The van der Waals surface area contributed by atoms with Gasteiger partial charge in [-0.15, -0.1) is 11.8 Å². The highest BCUT2D eigenvalue weighted by Gasteiger charge is 2.15. The molecule has 0 aliphatic carbocycles. The first kappa shape index (κ1) is 7.88. The number of carbonyl (C=O) groups excluding carboxylic acids is 1. The number of hydrogen-bond donors (Lipinski definition) is 2. The van der Waals surface area contributed by atoms with E-state index in [0.717, 1.165) is 12.3 Å². The van der Waals surface area contributed by atoms with Gasteiger partial charge in [-0.25, -0.2) is 0 Å². The van der Waals surface area contributed by atoms with Crippen LogP contribution < -0.4 is 10.6 Å². The molecular formula is C6H12N2OS. The Morgan fingerprint density at radius 1 is 1.80 bits per heavy atom. The second-order valence-corrected chi connectivity index (χ2v) is 3.49. The zero-order valence-electron chi connectivity index (χ0n) is 6.02. The molecule has 2 N–H and O–H groups in total. The zero-order chi connectivity index (χ0) is 7.40. The number of rotatable bonds is 2. The Hall–Kier alpha value is -0.220. The molecule has 1 fully saturated rings. The van der Waals surface area contributed by atoms with Crippen molar-refractivity contribution >= 4 is 17.7 Å². The van der Waals surface area contributed by atoms with Crippen LogP contribution in [-0.2, 0) is 4.79 Å². The fourth-order valence-electron chi connectivity index (χ4n) is 0.853. The summed E-state index contributed by atoms with van der Waals surface area (Å²) in [7, 11) is 0. The molecule has 1 saturated heterocycles.